The average Bonchev–Trinajstić information content (AvgIpc) is 3.09. The lowest BCUT2D eigenvalue weighted by atomic mass is 10.1. The highest BCUT2D eigenvalue weighted by Crippen LogP contribution is 2.30. The van der Waals surface area contributed by atoms with E-state index in [1.807, 2.05) is 12.1 Å². The number of aliphatic imine (C=N–C) groups is 1. The molecule has 3 rings (SSSR count). The van der Waals surface area contributed by atoms with E-state index in [2.05, 4.69) is 21.7 Å². The molecule has 0 bridgehead atoms. The van der Waals surface area contributed by atoms with Gasteiger partial charge < -0.3 is 24.8 Å². The first kappa shape index (κ1) is 19.8. The van der Waals surface area contributed by atoms with Crippen LogP contribution in [0.15, 0.2) is 23.2 Å². The maximum absolute atomic E-state index is 6.02. The first-order chi connectivity index (χ1) is 13.3. The van der Waals surface area contributed by atoms with Crippen LogP contribution in [0.5, 0.6) is 11.5 Å². The molecule has 1 heterocycles. The van der Waals surface area contributed by atoms with Crippen molar-refractivity contribution in [3.63, 3.8) is 0 Å². The van der Waals surface area contributed by atoms with Crippen molar-refractivity contribution in [1.29, 1.82) is 0 Å². The van der Waals surface area contributed by atoms with Gasteiger partial charge in [0.05, 0.1) is 25.9 Å². The summed E-state index contributed by atoms with van der Waals surface area (Å²) in [5, 5.41) is 6.67. The van der Waals surface area contributed by atoms with Crippen LogP contribution < -0.4 is 20.1 Å². The molecule has 0 radical (unpaired) electrons. The predicted molar refractivity (Wildman–Crippen MR) is 108 cm³/mol. The fourth-order valence-electron chi connectivity index (χ4n) is 3.53. The van der Waals surface area contributed by atoms with Gasteiger partial charge in [0.15, 0.2) is 17.5 Å². The summed E-state index contributed by atoms with van der Waals surface area (Å²) < 4.78 is 17.5. The summed E-state index contributed by atoms with van der Waals surface area (Å²) in [5.74, 6) is 2.44. The summed E-state index contributed by atoms with van der Waals surface area (Å²) in [4.78, 5) is 4.29. The molecule has 1 fully saturated rings. The minimum Gasteiger partial charge on any atom is -0.490 e. The summed E-state index contributed by atoms with van der Waals surface area (Å²) >= 11 is 0. The molecule has 1 saturated carbocycles. The van der Waals surface area contributed by atoms with Crippen LogP contribution >= 0.6 is 0 Å². The van der Waals surface area contributed by atoms with E-state index in [9.17, 15) is 0 Å². The van der Waals surface area contributed by atoms with Crippen LogP contribution in [0.3, 0.4) is 0 Å². The summed E-state index contributed by atoms with van der Waals surface area (Å²) in [5.41, 5.74) is 1.14. The molecule has 2 N–H and O–H groups in total. The number of ether oxygens (including phenoxy) is 3. The van der Waals surface area contributed by atoms with Gasteiger partial charge in [-0.2, -0.15) is 0 Å². The predicted octanol–water partition coefficient (Wildman–Crippen LogP) is 3.25. The highest BCUT2D eigenvalue weighted by atomic mass is 16.5. The van der Waals surface area contributed by atoms with Crippen LogP contribution in [-0.4, -0.2) is 45.5 Å². The molecule has 0 atom stereocenters. The number of benzene rings is 1. The first-order valence-corrected chi connectivity index (χ1v) is 10.3. The van der Waals surface area contributed by atoms with E-state index in [0.717, 1.165) is 42.6 Å². The van der Waals surface area contributed by atoms with Crippen LogP contribution in [0.25, 0.3) is 0 Å². The maximum Gasteiger partial charge on any atom is 0.191 e. The van der Waals surface area contributed by atoms with Crippen LogP contribution in [0, 0.1) is 0 Å². The van der Waals surface area contributed by atoms with Gasteiger partial charge in [-0.15, -0.1) is 0 Å². The topological polar surface area (TPSA) is 64.1 Å². The highest BCUT2D eigenvalue weighted by Gasteiger charge is 2.13. The van der Waals surface area contributed by atoms with Gasteiger partial charge in [-0.25, -0.2) is 0 Å². The third-order valence-electron chi connectivity index (χ3n) is 5.05. The molecule has 1 aromatic rings. The Labute approximate surface area is 162 Å². The minimum absolute atomic E-state index is 0.436. The van der Waals surface area contributed by atoms with Gasteiger partial charge in [0.2, 0.25) is 0 Å². The van der Waals surface area contributed by atoms with E-state index < -0.39 is 0 Å². The summed E-state index contributed by atoms with van der Waals surface area (Å²) in [6, 6.07) is 6.08. The third kappa shape index (κ3) is 6.61. The van der Waals surface area contributed by atoms with Crippen LogP contribution in [0.4, 0.5) is 0 Å². The Balaban J connectivity index is 1.38. The van der Waals surface area contributed by atoms with Gasteiger partial charge in [-0.1, -0.05) is 31.7 Å². The fourth-order valence-corrected chi connectivity index (χ4v) is 3.53. The molecule has 6 nitrogen and oxygen atoms in total. The van der Waals surface area contributed by atoms with E-state index in [0.29, 0.717) is 25.9 Å². The van der Waals surface area contributed by atoms with Crippen molar-refractivity contribution < 1.29 is 14.2 Å². The molecule has 0 aromatic heterocycles. The maximum atomic E-state index is 6.02. The van der Waals surface area contributed by atoms with Gasteiger partial charge >= 0.3 is 0 Å². The molecule has 1 aromatic carbocycles. The minimum atomic E-state index is 0.436. The molecule has 1 aliphatic heterocycles. The van der Waals surface area contributed by atoms with Crippen molar-refractivity contribution in [2.24, 2.45) is 4.99 Å². The Bertz CT molecular complexity index is 598. The van der Waals surface area contributed by atoms with Gasteiger partial charge in [0.1, 0.15) is 0 Å². The third-order valence-corrected chi connectivity index (χ3v) is 5.05. The van der Waals surface area contributed by atoms with E-state index in [1.165, 1.54) is 38.5 Å². The molecule has 27 heavy (non-hydrogen) atoms. The molecule has 2 aliphatic rings. The first-order valence-electron chi connectivity index (χ1n) is 10.3. The average molecular weight is 376 g/mol. The Kier molecular flexibility index (Phi) is 8.08. The van der Waals surface area contributed by atoms with Gasteiger partial charge in [0, 0.05) is 26.6 Å². The van der Waals surface area contributed by atoms with Crippen LogP contribution in [0.2, 0.25) is 0 Å². The zero-order valence-corrected chi connectivity index (χ0v) is 16.5. The number of hydrogen-bond acceptors (Lipinski definition) is 4. The Hall–Kier alpha value is -1.95. The Morgan fingerprint density at radius 3 is 2.59 bits per heavy atom. The van der Waals surface area contributed by atoms with Gasteiger partial charge in [0.25, 0.3) is 0 Å². The largest absolute Gasteiger partial charge is 0.490 e. The number of rotatable bonds is 6. The van der Waals surface area contributed by atoms with Crippen molar-refractivity contribution in [2.75, 3.05) is 33.4 Å². The number of nitrogens with zero attached hydrogens (tertiary/aromatic N) is 1. The number of fused-ring (bicyclic) bond motifs is 1. The number of hydrogen-bond donors (Lipinski definition) is 2. The summed E-state index contributed by atoms with van der Waals surface area (Å²) in [7, 11) is 1.79. The van der Waals surface area contributed by atoms with Crippen molar-refractivity contribution in [3.05, 3.63) is 23.8 Å². The zero-order valence-electron chi connectivity index (χ0n) is 16.5. The lowest BCUT2D eigenvalue weighted by Gasteiger charge is -2.17. The molecule has 0 amide bonds. The van der Waals surface area contributed by atoms with Gasteiger partial charge in [-0.05, 0) is 30.5 Å². The Morgan fingerprint density at radius 1 is 1.04 bits per heavy atom. The molecule has 0 spiro atoms. The van der Waals surface area contributed by atoms with E-state index in [4.69, 9.17) is 14.2 Å². The highest BCUT2D eigenvalue weighted by molar-refractivity contribution is 5.79. The molecule has 6 heteroatoms. The quantitative estimate of drug-likeness (QED) is 0.346. The summed E-state index contributed by atoms with van der Waals surface area (Å²) in [6.45, 7) is 3.57. The second-order valence-corrected chi connectivity index (χ2v) is 7.17. The van der Waals surface area contributed by atoms with E-state index in [-0.39, 0.29) is 0 Å². The van der Waals surface area contributed by atoms with E-state index >= 15 is 0 Å². The van der Waals surface area contributed by atoms with Crippen molar-refractivity contribution in [3.8, 4) is 11.5 Å². The summed E-state index contributed by atoms with van der Waals surface area (Å²) in [6.07, 6.45) is 9.08. The lowest BCUT2D eigenvalue weighted by Crippen LogP contribution is -2.38. The molecule has 0 saturated heterocycles. The van der Waals surface area contributed by atoms with Crippen molar-refractivity contribution >= 4 is 5.96 Å². The van der Waals surface area contributed by atoms with Gasteiger partial charge in [-0.3, -0.25) is 4.99 Å². The molecule has 150 valence electrons. The molecular weight excluding hydrogens is 342 g/mol. The molecule has 0 unspecified atom stereocenters. The SMILES string of the molecule is CN=C(NCCOC1CCCCCC1)NCc1ccc2c(c1)OCCCO2. The standard InChI is InChI=1S/C21H33N3O3/c1-22-21(23-11-14-25-18-7-4-2-3-5-8-18)24-16-17-9-10-19-20(15-17)27-13-6-12-26-19/h9-10,15,18H,2-8,11-14,16H2,1H3,(H2,22,23,24). The van der Waals surface area contributed by atoms with Crippen LogP contribution in [-0.2, 0) is 11.3 Å². The van der Waals surface area contributed by atoms with Crippen LogP contribution in [0.1, 0.15) is 50.5 Å². The van der Waals surface area contributed by atoms with Crippen molar-refractivity contribution in [2.45, 2.75) is 57.6 Å². The second kappa shape index (κ2) is 11.0. The lowest BCUT2D eigenvalue weighted by molar-refractivity contribution is 0.0468. The smallest absolute Gasteiger partial charge is 0.191 e. The Morgan fingerprint density at radius 2 is 1.81 bits per heavy atom. The number of guanidine groups is 1. The second-order valence-electron chi connectivity index (χ2n) is 7.17. The fraction of sp³-hybridized carbons (Fsp3) is 0.667. The molecule has 1 aliphatic carbocycles. The number of nitrogens with one attached hydrogen (secondary N) is 2. The molecular formula is C21H33N3O3. The monoisotopic (exact) mass is 375 g/mol. The van der Waals surface area contributed by atoms with E-state index in [1.54, 1.807) is 7.05 Å². The normalized spacial score (nSPS) is 18.5. The van der Waals surface area contributed by atoms with Crippen molar-refractivity contribution in [1.82, 2.24) is 10.6 Å². The zero-order chi connectivity index (χ0) is 18.7.